The van der Waals surface area contributed by atoms with E-state index in [1.165, 1.54) is 5.56 Å². The molecule has 0 saturated carbocycles. The van der Waals surface area contributed by atoms with Gasteiger partial charge in [0.1, 0.15) is 0 Å². The average Bonchev–Trinajstić information content (AvgIpc) is 3.27. The minimum absolute atomic E-state index is 0.0364. The van der Waals surface area contributed by atoms with E-state index in [1.807, 2.05) is 30.3 Å². The number of thiophene rings is 1. The van der Waals surface area contributed by atoms with Gasteiger partial charge in [-0.3, -0.25) is 4.79 Å². The Balaban J connectivity index is 1.58. The summed E-state index contributed by atoms with van der Waals surface area (Å²) in [6.45, 7) is 2.15. The second-order valence-electron chi connectivity index (χ2n) is 6.93. The molecule has 0 spiro atoms. The van der Waals surface area contributed by atoms with Crippen molar-refractivity contribution in [3.05, 3.63) is 106 Å². The van der Waals surface area contributed by atoms with E-state index in [0.717, 1.165) is 33.2 Å². The van der Waals surface area contributed by atoms with E-state index in [0.29, 0.717) is 6.42 Å². The largest absolute Gasteiger partial charge is 0.344 e. The van der Waals surface area contributed by atoms with Crippen LogP contribution in [0.3, 0.4) is 0 Å². The fourth-order valence-electron chi connectivity index (χ4n) is 3.55. The number of fused-ring (bicyclic) bond motifs is 1. The number of benzene rings is 3. The van der Waals surface area contributed by atoms with Gasteiger partial charge >= 0.3 is 0 Å². The zero-order valence-corrected chi connectivity index (χ0v) is 16.7. The highest BCUT2D eigenvalue weighted by Crippen LogP contribution is 2.27. The molecule has 0 unspecified atom stereocenters. The number of aryl methyl sites for hydroxylation is 1. The summed E-state index contributed by atoms with van der Waals surface area (Å²) >= 11 is 1.67. The Morgan fingerprint density at radius 1 is 0.929 bits per heavy atom. The van der Waals surface area contributed by atoms with Crippen molar-refractivity contribution < 1.29 is 4.79 Å². The second kappa shape index (κ2) is 8.41. The van der Waals surface area contributed by atoms with Crippen LogP contribution in [0.25, 0.3) is 10.8 Å². The van der Waals surface area contributed by atoms with E-state index in [2.05, 4.69) is 66.2 Å². The Labute approximate surface area is 169 Å². The van der Waals surface area contributed by atoms with Crippen molar-refractivity contribution in [2.45, 2.75) is 25.8 Å². The number of nitrogens with one attached hydrogen (secondary N) is 1. The highest BCUT2D eigenvalue weighted by atomic mass is 32.1. The standard InChI is InChI=1S/C25H23NOS/c1-2-18-12-14-20(15-13-18)25(23-11-6-16-28-23)26-24(27)17-21-9-5-8-19-7-3-4-10-22(19)21/h3-16,25H,2,17H2,1H3,(H,26,27)/t25-/m0/s1. The summed E-state index contributed by atoms with van der Waals surface area (Å²) in [5, 5.41) is 7.62. The van der Waals surface area contributed by atoms with Gasteiger partial charge in [0.05, 0.1) is 12.5 Å². The van der Waals surface area contributed by atoms with Crippen LogP contribution in [-0.4, -0.2) is 5.91 Å². The molecule has 3 heteroatoms. The molecular formula is C25H23NOS. The summed E-state index contributed by atoms with van der Waals surface area (Å²) in [4.78, 5) is 14.1. The Morgan fingerprint density at radius 3 is 2.46 bits per heavy atom. The first-order valence-electron chi connectivity index (χ1n) is 9.63. The summed E-state index contributed by atoms with van der Waals surface area (Å²) < 4.78 is 0. The SMILES string of the molecule is CCc1ccc([C@H](NC(=O)Cc2cccc3ccccc23)c2cccs2)cc1. The lowest BCUT2D eigenvalue weighted by atomic mass is 10.00. The van der Waals surface area contributed by atoms with Crippen LogP contribution in [-0.2, 0) is 17.6 Å². The van der Waals surface area contributed by atoms with Gasteiger partial charge in [-0.15, -0.1) is 11.3 Å². The summed E-state index contributed by atoms with van der Waals surface area (Å²) in [5.74, 6) is 0.0364. The number of amides is 1. The third kappa shape index (κ3) is 4.00. The Bertz CT molecular complexity index is 1060. The monoisotopic (exact) mass is 385 g/mol. The number of rotatable bonds is 6. The van der Waals surface area contributed by atoms with Crippen LogP contribution in [0.15, 0.2) is 84.2 Å². The zero-order chi connectivity index (χ0) is 19.3. The Hall–Kier alpha value is -2.91. The maximum Gasteiger partial charge on any atom is 0.225 e. The third-order valence-corrected chi connectivity index (χ3v) is 6.02. The Kier molecular flexibility index (Phi) is 5.54. The molecule has 0 aliphatic carbocycles. The molecule has 3 aromatic carbocycles. The van der Waals surface area contributed by atoms with E-state index in [-0.39, 0.29) is 11.9 Å². The van der Waals surface area contributed by atoms with Gasteiger partial charge in [0, 0.05) is 4.88 Å². The highest BCUT2D eigenvalue weighted by molar-refractivity contribution is 7.10. The lowest BCUT2D eigenvalue weighted by molar-refractivity contribution is -0.120. The predicted octanol–water partition coefficient (Wildman–Crippen LogP) is 5.91. The smallest absolute Gasteiger partial charge is 0.225 e. The van der Waals surface area contributed by atoms with Gasteiger partial charge in [-0.25, -0.2) is 0 Å². The molecule has 2 nitrogen and oxygen atoms in total. The number of hydrogen-bond acceptors (Lipinski definition) is 2. The van der Waals surface area contributed by atoms with Crippen LogP contribution in [0.1, 0.15) is 34.5 Å². The maximum atomic E-state index is 13.0. The summed E-state index contributed by atoms with van der Waals surface area (Å²) in [5.41, 5.74) is 3.48. The first-order valence-corrected chi connectivity index (χ1v) is 10.5. The third-order valence-electron chi connectivity index (χ3n) is 5.09. The van der Waals surface area contributed by atoms with E-state index < -0.39 is 0 Å². The van der Waals surface area contributed by atoms with Crippen LogP contribution < -0.4 is 5.32 Å². The van der Waals surface area contributed by atoms with Crippen molar-refractivity contribution in [3.63, 3.8) is 0 Å². The number of carbonyl (C=O) groups is 1. The molecule has 1 heterocycles. The van der Waals surface area contributed by atoms with Crippen LogP contribution in [0.5, 0.6) is 0 Å². The molecule has 140 valence electrons. The summed E-state index contributed by atoms with van der Waals surface area (Å²) in [6.07, 6.45) is 1.38. The summed E-state index contributed by atoms with van der Waals surface area (Å²) in [6, 6.07) is 26.9. The van der Waals surface area contributed by atoms with Gasteiger partial charge < -0.3 is 5.32 Å². The molecule has 1 amide bonds. The van der Waals surface area contributed by atoms with Gasteiger partial charge in [0.15, 0.2) is 0 Å². The van der Waals surface area contributed by atoms with Gasteiger partial charge in [-0.2, -0.15) is 0 Å². The minimum atomic E-state index is -0.117. The van der Waals surface area contributed by atoms with Crippen molar-refractivity contribution in [2.24, 2.45) is 0 Å². The summed E-state index contributed by atoms with van der Waals surface area (Å²) in [7, 11) is 0. The van der Waals surface area contributed by atoms with Crippen LogP contribution >= 0.6 is 11.3 Å². The molecule has 0 bridgehead atoms. The van der Waals surface area contributed by atoms with Gasteiger partial charge in [0.25, 0.3) is 0 Å². The average molecular weight is 386 g/mol. The van der Waals surface area contributed by atoms with Crippen LogP contribution in [0.4, 0.5) is 0 Å². The molecule has 0 saturated heterocycles. The maximum absolute atomic E-state index is 13.0. The molecule has 0 aliphatic rings. The molecule has 0 aliphatic heterocycles. The van der Waals surface area contributed by atoms with Crippen molar-refractivity contribution in [1.82, 2.24) is 5.32 Å². The van der Waals surface area contributed by atoms with Gasteiger partial charge in [-0.1, -0.05) is 79.7 Å². The predicted molar refractivity (Wildman–Crippen MR) is 118 cm³/mol. The van der Waals surface area contributed by atoms with Crippen LogP contribution in [0.2, 0.25) is 0 Å². The van der Waals surface area contributed by atoms with E-state index in [1.54, 1.807) is 11.3 Å². The van der Waals surface area contributed by atoms with Crippen molar-refractivity contribution in [2.75, 3.05) is 0 Å². The Morgan fingerprint density at radius 2 is 1.71 bits per heavy atom. The fourth-order valence-corrected chi connectivity index (χ4v) is 4.35. The molecule has 4 rings (SSSR count). The lowest BCUT2D eigenvalue weighted by Crippen LogP contribution is -2.30. The van der Waals surface area contributed by atoms with Gasteiger partial charge in [0.2, 0.25) is 5.91 Å². The molecule has 1 aromatic heterocycles. The van der Waals surface area contributed by atoms with Crippen molar-refractivity contribution in [3.8, 4) is 0 Å². The quantitative estimate of drug-likeness (QED) is 0.439. The number of hydrogen-bond donors (Lipinski definition) is 1. The van der Waals surface area contributed by atoms with E-state index in [9.17, 15) is 4.79 Å². The van der Waals surface area contributed by atoms with Crippen molar-refractivity contribution in [1.29, 1.82) is 0 Å². The molecule has 28 heavy (non-hydrogen) atoms. The highest BCUT2D eigenvalue weighted by Gasteiger charge is 2.18. The molecule has 4 aromatic rings. The molecule has 0 fully saturated rings. The topological polar surface area (TPSA) is 29.1 Å². The van der Waals surface area contributed by atoms with Crippen LogP contribution in [0, 0.1) is 0 Å². The van der Waals surface area contributed by atoms with E-state index in [4.69, 9.17) is 0 Å². The zero-order valence-electron chi connectivity index (χ0n) is 15.9. The minimum Gasteiger partial charge on any atom is -0.344 e. The van der Waals surface area contributed by atoms with Gasteiger partial charge in [-0.05, 0) is 45.3 Å². The molecule has 1 atom stereocenters. The lowest BCUT2D eigenvalue weighted by Gasteiger charge is -2.19. The normalized spacial score (nSPS) is 12.0. The van der Waals surface area contributed by atoms with Crippen molar-refractivity contribution >= 4 is 28.0 Å². The molecule has 1 N–H and O–H groups in total. The number of carbonyl (C=O) groups excluding carboxylic acids is 1. The first kappa shape index (κ1) is 18.5. The van der Waals surface area contributed by atoms with E-state index >= 15 is 0 Å². The first-order chi connectivity index (χ1) is 13.7. The molecular weight excluding hydrogens is 362 g/mol. The fraction of sp³-hybridized carbons (Fsp3) is 0.160. The second-order valence-corrected chi connectivity index (χ2v) is 7.91. The molecule has 0 radical (unpaired) electrons.